The highest BCUT2D eigenvalue weighted by Gasteiger charge is 1.98. The summed E-state index contributed by atoms with van der Waals surface area (Å²) in [5.41, 5.74) is 0. The molecule has 0 amide bonds. The maximum atomic E-state index is 3.76. The molecule has 0 N–H and O–H groups in total. The zero-order chi connectivity index (χ0) is 14.2. The largest absolute Gasteiger partial charge is 0.103 e. The van der Waals surface area contributed by atoms with E-state index in [-0.39, 0.29) is 0 Å². The third-order valence-corrected chi connectivity index (χ3v) is 4.30. The van der Waals surface area contributed by atoms with E-state index in [1.54, 1.807) is 0 Å². The van der Waals surface area contributed by atoms with Gasteiger partial charge in [0.2, 0.25) is 0 Å². The standard InChI is InChI=1S/C19H38/c1-4-6-7-8-9-10-11-12-13-14-15-16-17-18-19(3)5-2/h4,19H,1,5-18H2,2-3H3. The minimum absolute atomic E-state index is 0.945. The molecule has 0 aliphatic heterocycles. The van der Waals surface area contributed by atoms with E-state index in [0.717, 1.165) is 5.92 Å². The van der Waals surface area contributed by atoms with Crippen LogP contribution >= 0.6 is 0 Å². The van der Waals surface area contributed by atoms with Crippen LogP contribution in [0.25, 0.3) is 0 Å². The summed E-state index contributed by atoms with van der Waals surface area (Å²) < 4.78 is 0. The zero-order valence-corrected chi connectivity index (χ0v) is 13.8. The zero-order valence-electron chi connectivity index (χ0n) is 13.8. The van der Waals surface area contributed by atoms with E-state index < -0.39 is 0 Å². The molecular formula is C19H38. The van der Waals surface area contributed by atoms with Crippen LogP contribution in [-0.4, -0.2) is 0 Å². The SMILES string of the molecule is C=CCCCCCCCCCCCCCC(C)CC. The maximum Gasteiger partial charge on any atom is -0.0353 e. The fourth-order valence-electron chi connectivity index (χ4n) is 2.58. The van der Waals surface area contributed by atoms with Crippen molar-refractivity contribution < 1.29 is 0 Å². The van der Waals surface area contributed by atoms with Gasteiger partial charge in [0.05, 0.1) is 0 Å². The Morgan fingerprint density at radius 2 is 1.16 bits per heavy atom. The first-order valence-electron chi connectivity index (χ1n) is 8.92. The summed E-state index contributed by atoms with van der Waals surface area (Å²) in [7, 11) is 0. The topological polar surface area (TPSA) is 0 Å². The lowest BCUT2D eigenvalue weighted by atomic mass is 9.99. The first-order valence-corrected chi connectivity index (χ1v) is 8.92. The van der Waals surface area contributed by atoms with Crippen molar-refractivity contribution in [3.05, 3.63) is 12.7 Å². The molecule has 1 atom stereocenters. The van der Waals surface area contributed by atoms with Crippen LogP contribution in [0.1, 0.15) is 104 Å². The van der Waals surface area contributed by atoms with Gasteiger partial charge in [-0.2, -0.15) is 0 Å². The Bertz CT molecular complexity index is 171. The minimum Gasteiger partial charge on any atom is -0.103 e. The van der Waals surface area contributed by atoms with E-state index in [2.05, 4.69) is 20.4 Å². The molecule has 0 saturated carbocycles. The fraction of sp³-hybridized carbons (Fsp3) is 0.895. The highest BCUT2D eigenvalue weighted by atomic mass is 14.0. The van der Waals surface area contributed by atoms with Gasteiger partial charge in [-0.25, -0.2) is 0 Å². The third-order valence-electron chi connectivity index (χ3n) is 4.30. The van der Waals surface area contributed by atoms with Crippen LogP contribution < -0.4 is 0 Å². The molecule has 114 valence electrons. The van der Waals surface area contributed by atoms with Gasteiger partial charge in [-0.15, -0.1) is 6.58 Å². The number of rotatable bonds is 15. The molecule has 0 aromatic heterocycles. The van der Waals surface area contributed by atoms with Crippen molar-refractivity contribution in [3.8, 4) is 0 Å². The monoisotopic (exact) mass is 266 g/mol. The van der Waals surface area contributed by atoms with Crippen LogP contribution in [0.5, 0.6) is 0 Å². The predicted molar refractivity (Wildman–Crippen MR) is 89.7 cm³/mol. The summed E-state index contributed by atoms with van der Waals surface area (Å²) in [6.45, 7) is 8.46. The number of hydrogen-bond acceptors (Lipinski definition) is 0. The molecule has 0 aromatic rings. The lowest BCUT2D eigenvalue weighted by Gasteiger charge is -2.07. The van der Waals surface area contributed by atoms with Crippen molar-refractivity contribution >= 4 is 0 Å². The van der Waals surface area contributed by atoms with Gasteiger partial charge < -0.3 is 0 Å². The molecular weight excluding hydrogens is 228 g/mol. The van der Waals surface area contributed by atoms with Crippen molar-refractivity contribution in [1.82, 2.24) is 0 Å². The van der Waals surface area contributed by atoms with Gasteiger partial charge in [-0.05, 0) is 18.8 Å². The second-order valence-electron chi connectivity index (χ2n) is 6.27. The number of unbranched alkanes of at least 4 members (excludes halogenated alkanes) is 11. The van der Waals surface area contributed by atoms with Crippen molar-refractivity contribution in [2.45, 2.75) is 104 Å². The first kappa shape index (κ1) is 18.7. The Morgan fingerprint density at radius 3 is 1.58 bits per heavy atom. The second-order valence-corrected chi connectivity index (χ2v) is 6.27. The normalized spacial score (nSPS) is 12.5. The van der Waals surface area contributed by atoms with Crippen molar-refractivity contribution in [2.75, 3.05) is 0 Å². The van der Waals surface area contributed by atoms with E-state index in [4.69, 9.17) is 0 Å². The fourth-order valence-corrected chi connectivity index (χ4v) is 2.58. The van der Waals surface area contributed by atoms with E-state index in [1.165, 1.54) is 89.9 Å². The Kier molecular flexibility index (Phi) is 15.6. The lowest BCUT2D eigenvalue weighted by molar-refractivity contribution is 0.468. The molecule has 0 saturated heterocycles. The van der Waals surface area contributed by atoms with Gasteiger partial charge in [-0.1, -0.05) is 97.0 Å². The van der Waals surface area contributed by atoms with Crippen LogP contribution in [0.2, 0.25) is 0 Å². The molecule has 19 heavy (non-hydrogen) atoms. The Balaban J connectivity index is 2.97. The summed E-state index contributed by atoms with van der Waals surface area (Å²) in [4.78, 5) is 0. The predicted octanol–water partition coefficient (Wildman–Crippen LogP) is 7.29. The van der Waals surface area contributed by atoms with E-state index >= 15 is 0 Å². The molecule has 0 radical (unpaired) electrons. The molecule has 0 aliphatic rings. The Morgan fingerprint density at radius 1 is 0.737 bits per heavy atom. The average Bonchev–Trinajstić information content (AvgIpc) is 2.43. The second kappa shape index (κ2) is 15.8. The highest BCUT2D eigenvalue weighted by molar-refractivity contribution is 4.65. The van der Waals surface area contributed by atoms with Crippen LogP contribution in [0.3, 0.4) is 0 Å². The van der Waals surface area contributed by atoms with E-state index in [0.29, 0.717) is 0 Å². The molecule has 0 bridgehead atoms. The third kappa shape index (κ3) is 15.7. The van der Waals surface area contributed by atoms with Crippen LogP contribution in [0, 0.1) is 5.92 Å². The van der Waals surface area contributed by atoms with Crippen molar-refractivity contribution in [3.63, 3.8) is 0 Å². The quantitative estimate of drug-likeness (QED) is 0.216. The maximum absolute atomic E-state index is 3.76. The molecule has 1 unspecified atom stereocenters. The molecule has 0 rings (SSSR count). The van der Waals surface area contributed by atoms with Gasteiger partial charge in [0.25, 0.3) is 0 Å². The summed E-state index contributed by atoms with van der Waals surface area (Å²) in [6.07, 6.45) is 21.9. The highest BCUT2D eigenvalue weighted by Crippen LogP contribution is 2.15. The van der Waals surface area contributed by atoms with Gasteiger partial charge in [0.15, 0.2) is 0 Å². The Labute approximate surface area is 123 Å². The number of allylic oxidation sites excluding steroid dienone is 1. The summed E-state index contributed by atoms with van der Waals surface area (Å²) in [6, 6.07) is 0. The van der Waals surface area contributed by atoms with Gasteiger partial charge >= 0.3 is 0 Å². The smallest absolute Gasteiger partial charge is 0.0353 e. The van der Waals surface area contributed by atoms with Crippen molar-refractivity contribution in [2.24, 2.45) is 5.92 Å². The molecule has 0 aromatic carbocycles. The molecule has 0 nitrogen and oxygen atoms in total. The van der Waals surface area contributed by atoms with Gasteiger partial charge in [-0.3, -0.25) is 0 Å². The number of hydrogen-bond donors (Lipinski definition) is 0. The molecule has 0 aliphatic carbocycles. The van der Waals surface area contributed by atoms with Gasteiger partial charge in [0.1, 0.15) is 0 Å². The molecule has 0 heterocycles. The summed E-state index contributed by atoms with van der Waals surface area (Å²) in [5, 5.41) is 0. The van der Waals surface area contributed by atoms with Crippen LogP contribution in [0.4, 0.5) is 0 Å². The molecule has 0 fully saturated rings. The molecule has 0 spiro atoms. The van der Waals surface area contributed by atoms with E-state index in [1.807, 2.05) is 6.08 Å². The lowest BCUT2D eigenvalue weighted by Crippen LogP contribution is -1.91. The first-order chi connectivity index (χ1) is 9.31. The van der Waals surface area contributed by atoms with Crippen LogP contribution in [-0.2, 0) is 0 Å². The average molecular weight is 267 g/mol. The summed E-state index contributed by atoms with van der Waals surface area (Å²) in [5.74, 6) is 0.945. The summed E-state index contributed by atoms with van der Waals surface area (Å²) >= 11 is 0. The van der Waals surface area contributed by atoms with Gasteiger partial charge in [0, 0.05) is 0 Å². The molecule has 0 heteroatoms. The van der Waals surface area contributed by atoms with E-state index in [9.17, 15) is 0 Å². The van der Waals surface area contributed by atoms with Crippen LogP contribution in [0.15, 0.2) is 12.7 Å². The minimum atomic E-state index is 0.945. The Hall–Kier alpha value is -0.260. The van der Waals surface area contributed by atoms with Crippen molar-refractivity contribution in [1.29, 1.82) is 0 Å².